The smallest absolute Gasteiger partial charge is 0.340 e. The molecule has 3 N–H and O–H groups in total. The van der Waals surface area contributed by atoms with Crippen molar-refractivity contribution in [3.05, 3.63) is 47.4 Å². The summed E-state index contributed by atoms with van der Waals surface area (Å²) in [6, 6.07) is 5.50. The summed E-state index contributed by atoms with van der Waals surface area (Å²) < 4.78 is 11.8. The third-order valence-corrected chi connectivity index (χ3v) is 7.59. The molecule has 0 saturated heterocycles. The highest BCUT2D eigenvalue weighted by atomic mass is 16.6. The summed E-state index contributed by atoms with van der Waals surface area (Å²) in [4.78, 5) is 26.4. The molecule has 1 aliphatic carbocycles. The molecule has 1 saturated carbocycles. The molecule has 0 bridgehead atoms. The van der Waals surface area contributed by atoms with Gasteiger partial charge < -0.3 is 20.5 Å². The first kappa shape index (κ1) is 23.5. The van der Waals surface area contributed by atoms with Gasteiger partial charge in [-0.3, -0.25) is 0 Å². The number of hydrogen-bond acceptors (Lipinski definition) is 8. The molecule has 5 rings (SSSR count). The molecule has 4 heterocycles. The lowest BCUT2D eigenvalue weighted by atomic mass is 9.84. The van der Waals surface area contributed by atoms with Crippen molar-refractivity contribution < 1.29 is 14.3 Å². The minimum absolute atomic E-state index is 0.0508. The lowest BCUT2D eigenvalue weighted by Gasteiger charge is -2.36. The molecule has 35 heavy (non-hydrogen) atoms. The molecular weight excluding hydrogens is 442 g/mol. The summed E-state index contributed by atoms with van der Waals surface area (Å²) in [5, 5.41) is 5.09. The van der Waals surface area contributed by atoms with Crippen LogP contribution in [-0.4, -0.2) is 32.1 Å². The van der Waals surface area contributed by atoms with Gasteiger partial charge in [-0.25, -0.2) is 19.7 Å². The molecule has 0 radical (unpaired) electrons. The highest BCUT2D eigenvalue weighted by Gasteiger charge is 2.41. The first-order chi connectivity index (χ1) is 16.4. The first-order valence-electron chi connectivity index (χ1n) is 12.2. The van der Waals surface area contributed by atoms with Crippen LogP contribution in [0.25, 0.3) is 10.8 Å². The van der Waals surface area contributed by atoms with Crippen LogP contribution >= 0.6 is 0 Å². The molecule has 3 aromatic rings. The van der Waals surface area contributed by atoms with Gasteiger partial charge in [-0.1, -0.05) is 13.8 Å². The van der Waals surface area contributed by atoms with Gasteiger partial charge in [0.25, 0.3) is 0 Å². The van der Waals surface area contributed by atoms with Crippen LogP contribution in [0.4, 0.5) is 11.6 Å². The topological polar surface area (TPSA) is 112 Å². The van der Waals surface area contributed by atoms with E-state index >= 15 is 0 Å². The van der Waals surface area contributed by atoms with E-state index in [9.17, 15) is 4.79 Å². The Kier molecular flexibility index (Phi) is 5.29. The summed E-state index contributed by atoms with van der Waals surface area (Å²) in [5.41, 5.74) is 7.46. The van der Waals surface area contributed by atoms with Crippen LogP contribution < -0.4 is 15.8 Å². The summed E-state index contributed by atoms with van der Waals surface area (Å²) in [6.07, 6.45) is 6.39. The van der Waals surface area contributed by atoms with E-state index in [1.54, 1.807) is 18.3 Å². The lowest BCUT2D eigenvalue weighted by Crippen LogP contribution is -2.39. The molecule has 184 valence electrons. The van der Waals surface area contributed by atoms with Crippen LogP contribution in [0.5, 0.6) is 5.88 Å². The zero-order valence-corrected chi connectivity index (χ0v) is 21.2. The maximum Gasteiger partial charge on any atom is 0.340 e. The van der Waals surface area contributed by atoms with Crippen molar-refractivity contribution in [3.8, 4) is 5.88 Å². The van der Waals surface area contributed by atoms with Crippen LogP contribution in [0.15, 0.2) is 30.6 Å². The lowest BCUT2D eigenvalue weighted by molar-refractivity contribution is -0.0189. The number of nitrogens with zero attached hydrogens (tertiary/aromatic N) is 3. The van der Waals surface area contributed by atoms with Gasteiger partial charge in [-0.15, -0.1) is 0 Å². The average molecular weight is 476 g/mol. The van der Waals surface area contributed by atoms with Crippen molar-refractivity contribution in [3.63, 3.8) is 0 Å². The molecule has 0 amide bonds. The van der Waals surface area contributed by atoms with Gasteiger partial charge >= 0.3 is 5.97 Å². The summed E-state index contributed by atoms with van der Waals surface area (Å²) in [5.74, 6) is 1.41. The number of rotatable bonds is 6. The van der Waals surface area contributed by atoms with E-state index in [-0.39, 0.29) is 17.5 Å². The fourth-order valence-corrected chi connectivity index (χ4v) is 4.31. The molecule has 2 aliphatic rings. The van der Waals surface area contributed by atoms with Crippen LogP contribution in [0.2, 0.25) is 0 Å². The van der Waals surface area contributed by atoms with E-state index in [1.165, 1.54) is 0 Å². The number of hydrogen-bond donors (Lipinski definition) is 2. The summed E-state index contributed by atoms with van der Waals surface area (Å²) in [7, 11) is 0. The number of nitrogens with two attached hydrogens (primary N) is 1. The number of pyridine rings is 3. The second-order valence-electron chi connectivity index (χ2n) is 10.9. The molecule has 1 aliphatic heterocycles. The Morgan fingerprint density at radius 3 is 2.60 bits per heavy atom. The van der Waals surface area contributed by atoms with Gasteiger partial charge in [0.05, 0.1) is 16.6 Å². The number of cyclic esters (lactones) is 1. The van der Waals surface area contributed by atoms with E-state index < -0.39 is 11.1 Å². The average Bonchev–Trinajstić information content (AvgIpc) is 3.53. The molecule has 0 spiro atoms. The second kappa shape index (κ2) is 7.88. The SMILES string of the molecule is CC[C@@](C)(N)c1cnc(OC2(C)CC2)c2cnc(Nc3ccc4c(n3)[C@@H](C)C(C)(C)OC4=O)cc12. The Balaban J connectivity index is 1.55. The molecule has 0 unspecified atom stereocenters. The van der Waals surface area contributed by atoms with Crippen LogP contribution in [0.3, 0.4) is 0 Å². The third-order valence-electron chi connectivity index (χ3n) is 7.59. The maximum atomic E-state index is 12.4. The number of fused-ring (bicyclic) bond motifs is 2. The Hall–Kier alpha value is -3.26. The van der Waals surface area contributed by atoms with Gasteiger partial charge in [0.1, 0.15) is 22.8 Å². The monoisotopic (exact) mass is 475 g/mol. The predicted molar refractivity (Wildman–Crippen MR) is 135 cm³/mol. The highest BCUT2D eigenvalue weighted by Crippen LogP contribution is 2.42. The Bertz CT molecular complexity index is 1330. The fourth-order valence-electron chi connectivity index (χ4n) is 4.31. The molecule has 1 fully saturated rings. The van der Waals surface area contributed by atoms with Crippen molar-refractivity contribution in [1.29, 1.82) is 0 Å². The number of ether oxygens (including phenoxy) is 2. The van der Waals surface area contributed by atoms with Crippen molar-refractivity contribution >= 4 is 28.4 Å². The molecular formula is C27H33N5O3. The minimum Gasteiger partial charge on any atom is -0.471 e. The van der Waals surface area contributed by atoms with E-state index in [0.29, 0.717) is 23.1 Å². The molecule has 8 nitrogen and oxygen atoms in total. The van der Waals surface area contributed by atoms with E-state index in [1.807, 2.05) is 40.0 Å². The van der Waals surface area contributed by atoms with E-state index in [2.05, 4.69) is 29.1 Å². The number of nitrogens with one attached hydrogen (secondary N) is 1. The number of esters is 1. The van der Waals surface area contributed by atoms with Crippen LogP contribution in [-0.2, 0) is 10.3 Å². The second-order valence-corrected chi connectivity index (χ2v) is 10.9. The van der Waals surface area contributed by atoms with Gasteiger partial charge in [0, 0.05) is 23.9 Å². The Labute approximate surface area is 205 Å². The fraction of sp³-hybridized carbons (Fsp3) is 0.481. The van der Waals surface area contributed by atoms with Gasteiger partial charge in [-0.05, 0) is 76.1 Å². The Morgan fingerprint density at radius 1 is 1.17 bits per heavy atom. The van der Waals surface area contributed by atoms with Crippen molar-refractivity contribution in [1.82, 2.24) is 15.0 Å². The first-order valence-corrected chi connectivity index (χ1v) is 12.2. The minimum atomic E-state index is -0.626. The number of aromatic nitrogens is 3. The van der Waals surface area contributed by atoms with E-state index in [4.69, 9.17) is 20.2 Å². The van der Waals surface area contributed by atoms with Crippen molar-refractivity contribution in [2.45, 2.75) is 83.5 Å². The predicted octanol–water partition coefficient (Wildman–Crippen LogP) is 5.34. The largest absolute Gasteiger partial charge is 0.471 e. The standard InChI is InChI=1S/C27H33N5O3/c1-7-27(6,28)19-14-30-23(34-26(5)10-11-26)18-13-29-21(12-17(18)19)31-20-9-8-16-22(32-20)15(2)25(3,4)35-24(16)33/h8-9,12-15H,7,10-11,28H2,1-6H3,(H,29,31,32)/t15-,27-/m1/s1. The maximum absolute atomic E-state index is 12.4. The molecule has 8 heteroatoms. The molecule has 0 aromatic carbocycles. The number of carbonyl (C=O) groups excluding carboxylic acids is 1. The zero-order valence-electron chi connectivity index (χ0n) is 21.2. The van der Waals surface area contributed by atoms with Crippen LogP contribution in [0.1, 0.15) is 88.3 Å². The van der Waals surface area contributed by atoms with Gasteiger partial charge in [0.2, 0.25) is 5.88 Å². The number of anilines is 2. The van der Waals surface area contributed by atoms with Crippen LogP contribution in [0, 0.1) is 0 Å². The molecule has 3 aromatic heterocycles. The Morgan fingerprint density at radius 2 is 1.91 bits per heavy atom. The summed E-state index contributed by atoms with van der Waals surface area (Å²) >= 11 is 0. The highest BCUT2D eigenvalue weighted by molar-refractivity contribution is 5.93. The van der Waals surface area contributed by atoms with Gasteiger partial charge in [0.15, 0.2) is 0 Å². The zero-order chi connectivity index (χ0) is 25.2. The third kappa shape index (κ3) is 4.20. The quantitative estimate of drug-likeness (QED) is 0.460. The van der Waals surface area contributed by atoms with E-state index in [0.717, 1.165) is 41.3 Å². The van der Waals surface area contributed by atoms with Crippen molar-refractivity contribution in [2.24, 2.45) is 5.73 Å². The number of carbonyl (C=O) groups is 1. The van der Waals surface area contributed by atoms with Crippen molar-refractivity contribution in [2.75, 3.05) is 5.32 Å². The van der Waals surface area contributed by atoms with Gasteiger partial charge in [-0.2, -0.15) is 0 Å². The summed E-state index contributed by atoms with van der Waals surface area (Å²) in [6.45, 7) is 12.0. The normalized spacial score (nSPS) is 21.6. The molecule has 2 atom stereocenters.